The molecule has 0 amide bonds. The van der Waals surface area contributed by atoms with Gasteiger partial charge in [0.15, 0.2) is 0 Å². The highest BCUT2D eigenvalue weighted by atomic mass is 32.2. The van der Waals surface area contributed by atoms with Crippen LogP contribution in [0.4, 0.5) is 0 Å². The predicted molar refractivity (Wildman–Crippen MR) is 66.5 cm³/mol. The number of hydrogen-bond donors (Lipinski definition) is 1. The van der Waals surface area contributed by atoms with Gasteiger partial charge in [0, 0.05) is 11.0 Å². The summed E-state index contributed by atoms with van der Waals surface area (Å²) >= 11 is 1.51. The number of fused-ring (bicyclic) bond motifs is 1. The van der Waals surface area contributed by atoms with E-state index >= 15 is 0 Å². The highest BCUT2D eigenvalue weighted by Crippen LogP contribution is 2.29. The number of sulfone groups is 1. The van der Waals surface area contributed by atoms with Crippen LogP contribution >= 0.6 is 11.3 Å². The lowest BCUT2D eigenvalue weighted by molar-refractivity contribution is 0.203. The van der Waals surface area contributed by atoms with Gasteiger partial charge in [-0.05, 0) is 22.4 Å². The van der Waals surface area contributed by atoms with Crippen molar-refractivity contribution in [1.29, 1.82) is 0 Å². The topological polar surface area (TPSA) is 54.4 Å². The average Bonchev–Trinajstić information content (AvgIpc) is 2.61. The zero-order valence-electron chi connectivity index (χ0n) is 8.75. The molecule has 0 spiro atoms. The highest BCUT2D eigenvalue weighted by molar-refractivity contribution is 7.90. The van der Waals surface area contributed by atoms with Crippen LogP contribution in [0.2, 0.25) is 0 Å². The quantitative estimate of drug-likeness (QED) is 0.913. The van der Waals surface area contributed by atoms with Crippen molar-refractivity contribution in [3.05, 3.63) is 35.2 Å². The molecule has 1 atom stereocenters. The van der Waals surface area contributed by atoms with Crippen LogP contribution in [-0.2, 0) is 9.84 Å². The maximum absolute atomic E-state index is 11.1. The second-order valence-electron chi connectivity index (χ2n) is 3.79. The van der Waals surface area contributed by atoms with Crippen molar-refractivity contribution in [2.75, 3.05) is 12.0 Å². The van der Waals surface area contributed by atoms with E-state index in [1.807, 2.05) is 23.6 Å². The van der Waals surface area contributed by atoms with E-state index in [0.29, 0.717) is 5.56 Å². The van der Waals surface area contributed by atoms with E-state index in [2.05, 4.69) is 0 Å². The number of rotatable bonds is 3. The summed E-state index contributed by atoms with van der Waals surface area (Å²) in [6.45, 7) is 0. The third-order valence-corrected chi connectivity index (χ3v) is 4.23. The van der Waals surface area contributed by atoms with Gasteiger partial charge in [-0.15, -0.1) is 11.3 Å². The standard InChI is InChI=1S/C11H12O3S2/c1-16(13,14)7-10(12)9-4-2-3-8-5-6-15-11(8)9/h2-6,10,12H,7H2,1H3. The van der Waals surface area contributed by atoms with Crippen molar-refractivity contribution >= 4 is 31.3 Å². The Kier molecular flexibility index (Phi) is 3.01. The average molecular weight is 256 g/mol. The number of aliphatic hydroxyl groups excluding tert-OH is 1. The van der Waals surface area contributed by atoms with Crippen molar-refractivity contribution < 1.29 is 13.5 Å². The van der Waals surface area contributed by atoms with Crippen molar-refractivity contribution in [1.82, 2.24) is 0 Å². The Morgan fingerprint density at radius 2 is 2.12 bits per heavy atom. The van der Waals surface area contributed by atoms with Crippen LogP contribution < -0.4 is 0 Å². The third kappa shape index (κ3) is 2.42. The summed E-state index contributed by atoms with van der Waals surface area (Å²) in [4.78, 5) is 0. The molecule has 1 heterocycles. The summed E-state index contributed by atoms with van der Waals surface area (Å²) in [5.74, 6) is -0.232. The lowest BCUT2D eigenvalue weighted by atomic mass is 10.1. The van der Waals surface area contributed by atoms with Crippen LogP contribution in [0.1, 0.15) is 11.7 Å². The molecule has 0 radical (unpaired) electrons. The molecule has 3 nitrogen and oxygen atoms in total. The van der Waals surface area contributed by atoms with Crippen molar-refractivity contribution in [3.63, 3.8) is 0 Å². The second-order valence-corrected chi connectivity index (χ2v) is 6.90. The van der Waals surface area contributed by atoms with Crippen LogP contribution in [0, 0.1) is 0 Å². The largest absolute Gasteiger partial charge is 0.387 e. The van der Waals surface area contributed by atoms with Crippen molar-refractivity contribution in [2.24, 2.45) is 0 Å². The summed E-state index contributed by atoms with van der Waals surface area (Å²) in [5.41, 5.74) is 0.693. The van der Waals surface area contributed by atoms with Gasteiger partial charge in [0.25, 0.3) is 0 Å². The Labute approximate surface area is 98.3 Å². The normalized spacial score (nSPS) is 14.1. The molecule has 2 aromatic rings. The molecule has 5 heteroatoms. The van der Waals surface area contributed by atoms with Crippen LogP contribution in [0.15, 0.2) is 29.6 Å². The predicted octanol–water partition coefficient (Wildman–Crippen LogP) is 1.98. The second kappa shape index (κ2) is 4.16. The van der Waals surface area contributed by atoms with Crippen LogP contribution in [-0.4, -0.2) is 25.5 Å². The minimum absolute atomic E-state index is 0.232. The first-order valence-corrected chi connectivity index (χ1v) is 7.73. The van der Waals surface area contributed by atoms with Gasteiger partial charge < -0.3 is 5.11 Å². The minimum Gasteiger partial charge on any atom is -0.387 e. The fraction of sp³-hybridized carbons (Fsp3) is 0.273. The minimum atomic E-state index is -3.17. The molecule has 0 fully saturated rings. The summed E-state index contributed by atoms with van der Waals surface area (Å²) in [6.07, 6.45) is 0.183. The number of aliphatic hydroxyl groups is 1. The van der Waals surface area contributed by atoms with Gasteiger partial charge in [0.2, 0.25) is 0 Å². The molecule has 86 valence electrons. The molecule has 1 N–H and O–H groups in total. The van der Waals surface area contributed by atoms with E-state index in [1.165, 1.54) is 11.3 Å². The van der Waals surface area contributed by atoms with Gasteiger partial charge in [-0.2, -0.15) is 0 Å². The van der Waals surface area contributed by atoms with Gasteiger partial charge in [0.1, 0.15) is 9.84 Å². The summed E-state index contributed by atoms with van der Waals surface area (Å²) in [7, 11) is -3.17. The maximum atomic E-state index is 11.1. The molecule has 0 aliphatic carbocycles. The van der Waals surface area contributed by atoms with E-state index in [0.717, 1.165) is 16.3 Å². The molecule has 0 saturated heterocycles. The Hall–Kier alpha value is -0.910. The van der Waals surface area contributed by atoms with Gasteiger partial charge in [0.05, 0.1) is 11.9 Å². The van der Waals surface area contributed by atoms with Crippen LogP contribution in [0.25, 0.3) is 10.1 Å². The molecule has 0 aliphatic rings. The SMILES string of the molecule is CS(=O)(=O)CC(O)c1cccc2ccsc12. The molecule has 2 rings (SSSR count). The summed E-state index contributed by atoms with van der Waals surface area (Å²) in [6, 6.07) is 7.50. The Balaban J connectivity index is 2.43. The molecular formula is C11H12O3S2. The summed E-state index contributed by atoms with van der Waals surface area (Å²) in [5, 5.41) is 12.9. The number of thiophene rings is 1. The zero-order chi connectivity index (χ0) is 11.8. The first-order valence-electron chi connectivity index (χ1n) is 4.79. The lowest BCUT2D eigenvalue weighted by Gasteiger charge is -2.10. The number of hydrogen-bond acceptors (Lipinski definition) is 4. The fourth-order valence-corrected chi connectivity index (χ4v) is 3.37. The van der Waals surface area contributed by atoms with Crippen LogP contribution in [0.5, 0.6) is 0 Å². The van der Waals surface area contributed by atoms with Crippen molar-refractivity contribution in [3.8, 4) is 0 Å². The Bertz CT molecular complexity index is 598. The maximum Gasteiger partial charge on any atom is 0.150 e. The lowest BCUT2D eigenvalue weighted by Crippen LogP contribution is -2.12. The molecule has 16 heavy (non-hydrogen) atoms. The molecule has 0 saturated carbocycles. The monoisotopic (exact) mass is 256 g/mol. The first-order chi connectivity index (χ1) is 7.47. The van der Waals surface area contributed by atoms with Crippen molar-refractivity contribution in [2.45, 2.75) is 6.10 Å². The van der Waals surface area contributed by atoms with E-state index < -0.39 is 15.9 Å². The van der Waals surface area contributed by atoms with Crippen LogP contribution in [0.3, 0.4) is 0 Å². The Morgan fingerprint density at radius 1 is 1.38 bits per heavy atom. The third-order valence-electron chi connectivity index (χ3n) is 2.33. The fourth-order valence-electron chi connectivity index (χ4n) is 1.66. The molecular weight excluding hydrogens is 244 g/mol. The van der Waals surface area contributed by atoms with Gasteiger partial charge in [-0.25, -0.2) is 8.42 Å². The van der Waals surface area contributed by atoms with Gasteiger partial charge >= 0.3 is 0 Å². The first kappa shape index (κ1) is 11.6. The van der Waals surface area contributed by atoms with Gasteiger partial charge in [-0.3, -0.25) is 0 Å². The zero-order valence-corrected chi connectivity index (χ0v) is 10.4. The summed E-state index contributed by atoms with van der Waals surface area (Å²) < 4.78 is 23.2. The van der Waals surface area contributed by atoms with E-state index in [9.17, 15) is 13.5 Å². The molecule has 1 aromatic carbocycles. The smallest absolute Gasteiger partial charge is 0.150 e. The molecule has 0 bridgehead atoms. The molecule has 0 aliphatic heterocycles. The number of benzene rings is 1. The Morgan fingerprint density at radius 3 is 2.81 bits per heavy atom. The van der Waals surface area contributed by atoms with Gasteiger partial charge in [-0.1, -0.05) is 18.2 Å². The highest BCUT2D eigenvalue weighted by Gasteiger charge is 2.17. The molecule has 1 aromatic heterocycles. The molecule has 1 unspecified atom stereocenters. The van der Waals surface area contributed by atoms with E-state index in [1.54, 1.807) is 6.07 Å². The van der Waals surface area contributed by atoms with E-state index in [4.69, 9.17) is 0 Å². The van der Waals surface area contributed by atoms with E-state index in [-0.39, 0.29) is 5.75 Å².